The topological polar surface area (TPSA) is 43.8 Å². The number of aromatic nitrogens is 2. The van der Waals surface area contributed by atoms with E-state index in [9.17, 15) is 4.39 Å². The van der Waals surface area contributed by atoms with Crippen molar-refractivity contribution in [3.8, 4) is 0 Å². The molecule has 102 valence electrons. The minimum atomic E-state index is -0.640. The molecule has 0 amide bonds. The maximum atomic E-state index is 14.1. The molecule has 1 aromatic carbocycles. The minimum absolute atomic E-state index is 0.365. The number of hydrogen-bond acceptors (Lipinski definition) is 2. The third-order valence-corrected chi connectivity index (χ3v) is 3.78. The summed E-state index contributed by atoms with van der Waals surface area (Å²) in [4.78, 5) is 0. The van der Waals surface area contributed by atoms with Gasteiger partial charge in [0, 0.05) is 12.1 Å². The van der Waals surface area contributed by atoms with Crippen LogP contribution in [0.2, 0.25) is 5.02 Å². The first-order valence-electron chi connectivity index (χ1n) is 5.97. The van der Waals surface area contributed by atoms with E-state index in [2.05, 4.69) is 21.0 Å². The normalized spacial score (nSPS) is 12.7. The third kappa shape index (κ3) is 2.83. The molecule has 6 heteroatoms. The fourth-order valence-corrected chi connectivity index (χ4v) is 2.62. The second kappa shape index (κ2) is 6.03. The van der Waals surface area contributed by atoms with E-state index < -0.39 is 6.04 Å². The molecule has 1 heterocycles. The van der Waals surface area contributed by atoms with Gasteiger partial charge in [0.15, 0.2) is 0 Å². The Hall–Kier alpha value is -0.910. The van der Waals surface area contributed by atoms with Crippen LogP contribution in [0.1, 0.15) is 30.6 Å². The Morgan fingerprint density at radius 1 is 1.53 bits per heavy atom. The summed E-state index contributed by atoms with van der Waals surface area (Å²) in [7, 11) is 0. The zero-order chi connectivity index (χ0) is 14.0. The second-order valence-corrected chi connectivity index (χ2v) is 5.48. The van der Waals surface area contributed by atoms with Gasteiger partial charge in [-0.05, 0) is 28.4 Å². The van der Waals surface area contributed by atoms with Crippen LogP contribution in [0.15, 0.2) is 28.9 Å². The molecule has 0 bridgehead atoms. The summed E-state index contributed by atoms with van der Waals surface area (Å²) in [6.07, 6.45) is 2.45. The van der Waals surface area contributed by atoms with Crippen LogP contribution in [-0.2, 0) is 6.54 Å². The van der Waals surface area contributed by atoms with Crippen LogP contribution in [0.5, 0.6) is 0 Å². The van der Waals surface area contributed by atoms with Crippen molar-refractivity contribution in [2.75, 3.05) is 0 Å². The van der Waals surface area contributed by atoms with Gasteiger partial charge in [-0.1, -0.05) is 30.7 Å². The Morgan fingerprint density at radius 3 is 2.95 bits per heavy atom. The van der Waals surface area contributed by atoms with Crippen LogP contribution in [0.25, 0.3) is 0 Å². The highest BCUT2D eigenvalue weighted by molar-refractivity contribution is 9.10. The van der Waals surface area contributed by atoms with E-state index in [1.165, 1.54) is 0 Å². The summed E-state index contributed by atoms with van der Waals surface area (Å²) in [5.41, 5.74) is 7.19. The molecule has 0 aliphatic carbocycles. The lowest BCUT2D eigenvalue weighted by Crippen LogP contribution is -2.19. The quantitative estimate of drug-likeness (QED) is 0.912. The Kier molecular flexibility index (Phi) is 4.60. The Morgan fingerprint density at radius 2 is 2.26 bits per heavy atom. The van der Waals surface area contributed by atoms with Crippen molar-refractivity contribution in [3.63, 3.8) is 0 Å². The van der Waals surface area contributed by atoms with Crippen molar-refractivity contribution in [1.29, 1.82) is 0 Å². The molecule has 2 rings (SSSR count). The molecule has 2 N–H and O–H groups in total. The van der Waals surface area contributed by atoms with E-state index in [1.54, 1.807) is 29.1 Å². The summed E-state index contributed by atoms with van der Waals surface area (Å²) < 4.78 is 16.2. The van der Waals surface area contributed by atoms with Crippen molar-refractivity contribution < 1.29 is 4.39 Å². The van der Waals surface area contributed by atoms with Gasteiger partial charge in [0.1, 0.15) is 5.82 Å². The fourth-order valence-electron chi connectivity index (χ4n) is 1.98. The number of nitrogens with two attached hydrogens (primary N) is 1. The maximum Gasteiger partial charge on any atom is 0.142 e. The molecule has 0 spiro atoms. The predicted molar refractivity (Wildman–Crippen MR) is 77.7 cm³/mol. The van der Waals surface area contributed by atoms with E-state index in [-0.39, 0.29) is 5.82 Å². The lowest BCUT2D eigenvalue weighted by molar-refractivity contribution is 0.543. The Balaban J connectivity index is 2.46. The van der Waals surface area contributed by atoms with Crippen molar-refractivity contribution >= 4 is 27.5 Å². The van der Waals surface area contributed by atoms with Gasteiger partial charge in [0.05, 0.1) is 27.4 Å². The molecular weight excluding hydrogens is 333 g/mol. The molecule has 3 nitrogen and oxygen atoms in total. The maximum absolute atomic E-state index is 14.1. The number of hydrogen-bond donors (Lipinski definition) is 1. The first-order valence-corrected chi connectivity index (χ1v) is 7.14. The summed E-state index contributed by atoms with van der Waals surface area (Å²) in [6, 6.07) is 4.40. The Bertz CT molecular complexity index is 585. The summed E-state index contributed by atoms with van der Waals surface area (Å²) in [5, 5.41) is 4.63. The standard InChI is InChI=1S/C13H14BrClFN3/c1-2-6-19-13(10(15)7-18-19)12(17)8-4-3-5-9(14)11(8)16/h3-5,7,12H,2,6,17H2,1H3. The van der Waals surface area contributed by atoms with Gasteiger partial charge in [-0.2, -0.15) is 5.10 Å². The fraction of sp³-hybridized carbons (Fsp3) is 0.308. The van der Waals surface area contributed by atoms with Crippen LogP contribution < -0.4 is 5.73 Å². The number of benzene rings is 1. The van der Waals surface area contributed by atoms with Crippen LogP contribution in [0.3, 0.4) is 0 Å². The summed E-state index contributed by atoms with van der Waals surface area (Å²) in [5.74, 6) is -0.365. The van der Waals surface area contributed by atoms with Crippen LogP contribution in [0, 0.1) is 5.82 Å². The SMILES string of the molecule is CCCn1ncc(Cl)c1C(N)c1cccc(Br)c1F. The van der Waals surface area contributed by atoms with Gasteiger partial charge in [-0.15, -0.1) is 0 Å². The average molecular weight is 347 g/mol. The van der Waals surface area contributed by atoms with Gasteiger partial charge in [0.2, 0.25) is 0 Å². The van der Waals surface area contributed by atoms with Crippen molar-refractivity contribution in [2.24, 2.45) is 5.73 Å². The molecule has 0 saturated carbocycles. The molecule has 19 heavy (non-hydrogen) atoms. The van der Waals surface area contributed by atoms with E-state index in [1.807, 2.05) is 6.92 Å². The molecule has 0 radical (unpaired) electrons. The van der Waals surface area contributed by atoms with E-state index >= 15 is 0 Å². The first-order chi connectivity index (χ1) is 9.06. The van der Waals surface area contributed by atoms with Gasteiger partial charge >= 0.3 is 0 Å². The molecule has 2 aromatic rings. The van der Waals surface area contributed by atoms with Crippen molar-refractivity contribution in [2.45, 2.75) is 25.9 Å². The smallest absolute Gasteiger partial charge is 0.142 e. The molecule has 0 aliphatic heterocycles. The summed E-state index contributed by atoms with van der Waals surface area (Å²) >= 11 is 9.28. The zero-order valence-electron chi connectivity index (χ0n) is 10.4. The van der Waals surface area contributed by atoms with Gasteiger partial charge in [-0.25, -0.2) is 4.39 Å². The Labute approximate surface area is 124 Å². The van der Waals surface area contributed by atoms with Crippen LogP contribution >= 0.6 is 27.5 Å². The molecule has 0 aliphatic rings. The lowest BCUT2D eigenvalue weighted by atomic mass is 10.0. The van der Waals surface area contributed by atoms with Crippen molar-refractivity contribution in [3.05, 3.63) is 51.0 Å². The predicted octanol–water partition coefficient (Wildman–Crippen LogP) is 3.90. The number of nitrogens with zero attached hydrogens (tertiary/aromatic N) is 2. The highest BCUT2D eigenvalue weighted by Gasteiger charge is 2.21. The van der Waals surface area contributed by atoms with Crippen molar-refractivity contribution in [1.82, 2.24) is 9.78 Å². The third-order valence-electron chi connectivity index (χ3n) is 2.88. The second-order valence-electron chi connectivity index (χ2n) is 4.22. The van der Waals surface area contributed by atoms with E-state index in [0.29, 0.717) is 27.3 Å². The molecule has 1 atom stereocenters. The zero-order valence-corrected chi connectivity index (χ0v) is 12.7. The van der Waals surface area contributed by atoms with Gasteiger partial charge in [-0.3, -0.25) is 4.68 Å². The number of halogens is 3. The van der Waals surface area contributed by atoms with E-state index in [0.717, 1.165) is 6.42 Å². The first kappa shape index (κ1) is 14.5. The molecule has 1 unspecified atom stereocenters. The van der Waals surface area contributed by atoms with Crippen LogP contribution in [-0.4, -0.2) is 9.78 Å². The molecule has 1 aromatic heterocycles. The molecule has 0 saturated heterocycles. The largest absolute Gasteiger partial charge is 0.319 e. The summed E-state index contributed by atoms with van der Waals surface area (Å²) in [6.45, 7) is 2.73. The van der Waals surface area contributed by atoms with E-state index in [4.69, 9.17) is 17.3 Å². The number of aryl methyl sites for hydroxylation is 1. The average Bonchev–Trinajstić information content (AvgIpc) is 2.74. The van der Waals surface area contributed by atoms with Gasteiger partial charge in [0.25, 0.3) is 0 Å². The minimum Gasteiger partial charge on any atom is -0.319 e. The van der Waals surface area contributed by atoms with Gasteiger partial charge < -0.3 is 5.73 Å². The van der Waals surface area contributed by atoms with Crippen LogP contribution in [0.4, 0.5) is 4.39 Å². The highest BCUT2D eigenvalue weighted by atomic mass is 79.9. The highest BCUT2D eigenvalue weighted by Crippen LogP contribution is 2.30. The number of rotatable bonds is 4. The molecular formula is C13H14BrClFN3. The molecule has 0 fully saturated rings. The lowest BCUT2D eigenvalue weighted by Gasteiger charge is -2.16. The monoisotopic (exact) mass is 345 g/mol.